The summed E-state index contributed by atoms with van der Waals surface area (Å²) in [7, 11) is 0. The van der Waals surface area contributed by atoms with Crippen LogP contribution in [-0.2, 0) is 13.0 Å². The molecule has 0 bridgehead atoms. The maximum absolute atomic E-state index is 4.90. The molecule has 29 heavy (non-hydrogen) atoms. The van der Waals surface area contributed by atoms with Crippen molar-refractivity contribution in [1.29, 1.82) is 0 Å². The van der Waals surface area contributed by atoms with E-state index in [9.17, 15) is 0 Å². The number of benzene rings is 1. The molecule has 1 aliphatic rings. The third kappa shape index (κ3) is 3.93. The summed E-state index contributed by atoms with van der Waals surface area (Å²) in [5, 5.41) is 6.07. The third-order valence-electron chi connectivity index (χ3n) is 4.92. The predicted octanol–water partition coefficient (Wildman–Crippen LogP) is 6.47. The summed E-state index contributed by atoms with van der Waals surface area (Å²) in [6.07, 6.45) is 5.95. The number of aromatic nitrogens is 4. The standard InChI is InChI=1S/C21H18N4.2C2H6/c1-14-7-8-15-16(9-11-23-18(15)13-14)20-19-6-4-12-25(19)24-21(20)17-5-2-3-10-22-17;2*1-2/h2-3,5,7-11,13H,4,6,12H2,1H3;2*1-2H3. The first kappa shape index (κ1) is 20.7. The topological polar surface area (TPSA) is 43.6 Å². The molecule has 1 aromatic carbocycles. The molecule has 0 atom stereocenters. The molecule has 0 radical (unpaired) electrons. The fraction of sp³-hybridized carbons (Fsp3) is 0.320. The number of rotatable bonds is 2. The fourth-order valence-corrected chi connectivity index (χ4v) is 3.77. The Morgan fingerprint density at radius 3 is 2.48 bits per heavy atom. The van der Waals surface area contributed by atoms with Crippen LogP contribution in [0.3, 0.4) is 0 Å². The summed E-state index contributed by atoms with van der Waals surface area (Å²) in [5.74, 6) is 0. The first-order chi connectivity index (χ1) is 14.3. The Morgan fingerprint density at radius 2 is 1.72 bits per heavy atom. The van der Waals surface area contributed by atoms with E-state index in [1.165, 1.54) is 27.8 Å². The summed E-state index contributed by atoms with van der Waals surface area (Å²) in [5.41, 5.74) is 7.89. The number of hydrogen-bond donors (Lipinski definition) is 0. The van der Waals surface area contributed by atoms with Crippen LogP contribution in [0.5, 0.6) is 0 Å². The lowest BCUT2D eigenvalue weighted by atomic mass is 9.96. The van der Waals surface area contributed by atoms with Crippen LogP contribution in [0.4, 0.5) is 0 Å². The molecule has 4 heteroatoms. The Bertz CT molecular complexity index is 1080. The highest BCUT2D eigenvalue weighted by Crippen LogP contribution is 2.39. The molecule has 0 amide bonds. The van der Waals surface area contributed by atoms with Crippen LogP contribution in [0.2, 0.25) is 0 Å². The van der Waals surface area contributed by atoms with Crippen molar-refractivity contribution in [2.24, 2.45) is 0 Å². The van der Waals surface area contributed by atoms with Crippen LogP contribution in [-0.4, -0.2) is 19.7 Å². The van der Waals surface area contributed by atoms with E-state index in [0.717, 1.165) is 36.3 Å². The minimum absolute atomic E-state index is 0.927. The Labute approximate surface area is 173 Å². The van der Waals surface area contributed by atoms with Gasteiger partial charge in [0.15, 0.2) is 0 Å². The fourth-order valence-electron chi connectivity index (χ4n) is 3.77. The van der Waals surface area contributed by atoms with Gasteiger partial charge in [-0.3, -0.25) is 14.6 Å². The Hall–Kier alpha value is -3.01. The molecule has 150 valence electrons. The quantitative estimate of drug-likeness (QED) is 0.397. The zero-order chi connectivity index (χ0) is 20.8. The maximum Gasteiger partial charge on any atom is 0.119 e. The van der Waals surface area contributed by atoms with E-state index >= 15 is 0 Å². The molecule has 0 spiro atoms. The summed E-state index contributed by atoms with van der Waals surface area (Å²) in [4.78, 5) is 9.12. The highest BCUT2D eigenvalue weighted by atomic mass is 15.3. The van der Waals surface area contributed by atoms with Gasteiger partial charge < -0.3 is 0 Å². The molecule has 5 rings (SSSR count). The summed E-state index contributed by atoms with van der Waals surface area (Å²) >= 11 is 0. The first-order valence-corrected chi connectivity index (χ1v) is 10.7. The zero-order valence-electron chi connectivity index (χ0n) is 18.1. The molecular weight excluding hydrogens is 356 g/mol. The SMILES string of the molecule is CC.CC.Cc1ccc2c(-c3c(-c4ccccn4)nn4c3CCC4)ccnc2c1. The summed E-state index contributed by atoms with van der Waals surface area (Å²) in [6.45, 7) is 11.1. The lowest BCUT2D eigenvalue weighted by Crippen LogP contribution is -1.94. The van der Waals surface area contributed by atoms with Gasteiger partial charge in [-0.05, 0) is 55.2 Å². The van der Waals surface area contributed by atoms with Crippen molar-refractivity contribution in [2.45, 2.75) is 54.0 Å². The van der Waals surface area contributed by atoms with Gasteiger partial charge in [0.1, 0.15) is 5.69 Å². The van der Waals surface area contributed by atoms with Crippen molar-refractivity contribution in [3.05, 3.63) is 66.1 Å². The van der Waals surface area contributed by atoms with Gasteiger partial charge in [0.05, 0.1) is 11.2 Å². The van der Waals surface area contributed by atoms with E-state index in [1.54, 1.807) is 0 Å². The largest absolute Gasteiger partial charge is 0.268 e. The van der Waals surface area contributed by atoms with Crippen LogP contribution in [0, 0.1) is 6.92 Å². The average Bonchev–Trinajstić information content (AvgIpc) is 3.38. The monoisotopic (exact) mass is 386 g/mol. The average molecular weight is 387 g/mol. The zero-order valence-corrected chi connectivity index (χ0v) is 18.1. The van der Waals surface area contributed by atoms with Crippen molar-refractivity contribution in [3.8, 4) is 22.5 Å². The second-order valence-corrected chi connectivity index (χ2v) is 6.59. The van der Waals surface area contributed by atoms with E-state index in [1.807, 2.05) is 58.3 Å². The highest BCUT2D eigenvalue weighted by Gasteiger charge is 2.25. The van der Waals surface area contributed by atoms with Gasteiger partial charge in [-0.15, -0.1) is 0 Å². The van der Waals surface area contributed by atoms with Crippen LogP contribution in [0.15, 0.2) is 54.9 Å². The number of aryl methyl sites for hydroxylation is 2. The molecule has 0 saturated carbocycles. The number of hydrogen-bond acceptors (Lipinski definition) is 3. The van der Waals surface area contributed by atoms with Crippen molar-refractivity contribution in [1.82, 2.24) is 19.7 Å². The van der Waals surface area contributed by atoms with Crippen molar-refractivity contribution >= 4 is 10.9 Å². The minimum Gasteiger partial charge on any atom is -0.268 e. The molecule has 0 N–H and O–H groups in total. The Morgan fingerprint density at radius 1 is 0.897 bits per heavy atom. The van der Waals surface area contributed by atoms with Gasteiger partial charge in [-0.25, -0.2) is 0 Å². The summed E-state index contributed by atoms with van der Waals surface area (Å²) < 4.78 is 2.15. The Kier molecular flexibility index (Phi) is 6.76. The molecule has 0 saturated heterocycles. The second kappa shape index (κ2) is 9.46. The highest BCUT2D eigenvalue weighted by molar-refractivity contribution is 5.98. The summed E-state index contributed by atoms with van der Waals surface area (Å²) in [6, 6.07) is 14.6. The van der Waals surface area contributed by atoms with Crippen LogP contribution >= 0.6 is 0 Å². The molecule has 0 fully saturated rings. The lowest BCUT2D eigenvalue weighted by Gasteiger charge is -2.09. The normalized spacial score (nSPS) is 11.9. The molecule has 0 aliphatic carbocycles. The third-order valence-corrected chi connectivity index (χ3v) is 4.92. The van der Waals surface area contributed by atoms with Crippen LogP contribution in [0.1, 0.15) is 45.4 Å². The minimum atomic E-state index is 0.927. The predicted molar refractivity (Wildman–Crippen MR) is 122 cm³/mol. The first-order valence-electron chi connectivity index (χ1n) is 10.7. The second-order valence-electron chi connectivity index (χ2n) is 6.59. The van der Waals surface area contributed by atoms with Crippen LogP contribution < -0.4 is 0 Å². The molecule has 4 aromatic rings. The van der Waals surface area contributed by atoms with Gasteiger partial charge in [0, 0.05) is 35.6 Å². The number of nitrogens with zero attached hydrogens (tertiary/aromatic N) is 4. The molecule has 3 aromatic heterocycles. The molecule has 0 unspecified atom stereocenters. The van der Waals surface area contributed by atoms with Crippen LogP contribution in [0.25, 0.3) is 33.4 Å². The van der Waals surface area contributed by atoms with E-state index in [4.69, 9.17) is 5.10 Å². The van der Waals surface area contributed by atoms with Crippen molar-refractivity contribution in [3.63, 3.8) is 0 Å². The van der Waals surface area contributed by atoms with Gasteiger partial charge >= 0.3 is 0 Å². The van der Waals surface area contributed by atoms with E-state index in [0.29, 0.717) is 0 Å². The number of pyridine rings is 2. The maximum atomic E-state index is 4.90. The van der Waals surface area contributed by atoms with Gasteiger partial charge in [0.25, 0.3) is 0 Å². The molecular formula is C25H30N4. The van der Waals surface area contributed by atoms with Crippen molar-refractivity contribution < 1.29 is 0 Å². The number of fused-ring (bicyclic) bond motifs is 2. The van der Waals surface area contributed by atoms with Gasteiger partial charge in [-0.1, -0.05) is 45.9 Å². The lowest BCUT2D eigenvalue weighted by molar-refractivity contribution is 0.658. The smallest absolute Gasteiger partial charge is 0.119 e. The van der Waals surface area contributed by atoms with Crippen molar-refractivity contribution in [2.75, 3.05) is 0 Å². The molecule has 4 heterocycles. The Balaban J connectivity index is 0.000000568. The molecule has 4 nitrogen and oxygen atoms in total. The van der Waals surface area contributed by atoms with Gasteiger partial charge in [-0.2, -0.15) is 5.10 Å². The van der Waals surface area contributed by atoms with E-state index < -0.39 is 0 Å². The van der Waals surface area contributed by atoms with E-state index in [-0.39, 0.29) is 0 Å². The van der Waals surface area contributed by atoms with E-state index in [2.05, 4.69) is 45.8 Å². The van der Waals surface area contributed by atoms with Gasteiger partial charge in [0.2, 0.25) is 0 Å². The molecule has 1 aliphatic heterocycles.